The van der Waals surface area contributed by atoms with Gasteiger partial charge in [0, 0.05) is 17.3 Å². The van der Waals surface area contributed by atoms with Crippen molar-refractivity contribution in [1.82, 2.24) is 14.4 Å². The van der Waals surface area contributed by atoms with Crippen LogP contribution in [0.4, 0.5) is 0 Å². The second-order valence-electron chi connectivity index (χ2n) is 6.03. The molecule has 2 aromatic heterocycles. The van der Waals surface area contributed by atoms with E-state index in [1.165, 1.54) is 5.56 Å². The van der Waals surface area contributed by atoms with Crippen molar-refractivity contribution in [3.8, 4) is 34.0 Å². The zero-order valence-electron chi connectivity index (χ0n) is 13.6. The maximum Gasteiger partial charge on any atom is 0.231 e. The van der Waals surface area contributed by atoms with Gasteiger partial charge in [-0.25, -0.2) is 4.98 Å². The van der Waals surface area contributed by atoms with Gasteiger partial charge in [0.05, 0.1) is 23.8 Å². The van der Waals surface area contributed by atoms with Crippen LogP contribution in [0.25, 0.3) is 28.2 Å². The predicted molar refractivity (Wildman–Crippen MR) is 94.7 cm³/mol. The monoisotopic (exact) mass is 329 g/mol. The van der Waals surface area contributed by atoms with Gasteiger partial charge in [0.25, 0.3) is 0 Å². The van der Waals surface area contributed by atoms with Gasteiger partial charge in [0.15, 0.2) is 17.1 Å². The van der Waals surface area contributed by atoms with Crippen LogP contribution in [0.15, 0.2) is 61.1 Å². The van der Waals surface area contributed by atoms with Crippen LogP contribution in [0, 0.1) is 6.92 Å². The number of aromatic nitrogens is 3. The van der Waals surface area contributed by atoms with Crippen molar-refractivity contribution >= 4 is 5.65 Å². The fraction of sp³-hybridized carbons (Fsp3) is 0.100. The number of fused-ring (bicyclic) bond motifs is 2. The largest absolute Gasteiger partial charge is 0.454 e. The molecule has 122 valence electrons. The molecular formula is C20H15N3O2. The summed E-state index contributed by atoms with van der Waals surface area (Å²) < 4.78 is 12.9. The SMILES string of the molecule is Cc1ccccc1-c1cn2c(-c3ccc4c(c3)OCO4)cnc2cn1. The average Bonchev–Trinajstić information content (AvgIpc) is 3.27. The molecule has 0 N–H and O–H groups in total. The van der Waals surface area contributed by atoms with Crippen LogP contribution in [0.2, 0.25) is 0 Å². The first-order chi connectivity index (χ1) is 12.3. The highest BCUT2D eigenvalue weighted by Gasteiger charge is 2.16. The zero-order valence-corrected chi connectivity index (χ0v) is 13.6. The van der Waals surface area contributed by atoms with Gasteiger partial charge >= 0.3 is 0 Å². The lowest BCUT2D eigenvalue weighted by Gasteiger charge is -2.07. The Kier molecular flexibility index (Phi) is 3.00. The van der Waals surface area contributed by atoms with Gasteiger partial charge in [-0.1, -0.05) is 24.3 Å². The second kappa shape index (κ2) is 5.34. The highest BCUT2D eigenvalue weighted by molar-refractivity contribution is 5.69. The summed E-state index contributed by atoms with van der Waals surface area (Å²) in [6.45, 7) is 2.36. The summed E-state index contributed by atoms with van der Waals surface area (Å²) in [6.07, 6.45) is 5.69. The molecule has 3 heterocycles. The van der Waals surface area contributed by atoms with Crippen molar-refractivity contribution in [1.29, 1.82) is 0 Å². The van der Waals surface area contributed by atoms with Gasteiger partial charge in [-0.05, 0) is 30.7 Å². The summed E-state index contributed by atoms with van der Waals surface area (Å²) in [5, 5.41) is 0. The van der Waals surface area contributed by atoms with E-state index in [0.29, 0.717) is 0 Å². The van der Waals surface area contributed by atoms with E-state index >= 15 is 0 Å². The lowest BCUT2D eigenvalue weighted by atomic mass is 10.1. The van der Waals surface area contributed by atoms with E-state index in [4.69, 9.17) is 9.47 Å². The van der Waals surface area contributed by atoms with E-state index in [1.807, 2.05) is 42.7 Å². The first-order valence-corrected chi connectivity index (χ1v) is 8.09. The molecule has 0 fully saturated rings. The maximum absolute atomic E-state index is 5.49. The predicted octanol–water partition coefficient (Wildman–Crippen LogP) is 4.10. The number of nitrogens with zero attached hydrogens (tertiary/aromatic N) is 3. The third kappa shape index (κ3) is 2.24. The molecule has 5 nitrogen and oxygen atoms in total. The summed E-state index contributed by atoms with van der Waals surface area (Å²) >= 11 is 0. The standard InChI is InChI=1S/C20H15N3O2/c1-13-4-2-3-5-15(13)16-11-23-17(9-22-20(23)10-21-16)14-6-7-18-19(8-14)25-12-24-18/h2-11H,12H2,1H3. The van der Waals surface area contributed by atoms with E-state index in [9.17, 15) is 0 Å². The Morgan fingerprint density at radius 1 is 0.960 bits per heavy atom. The number of benzene rings is 2. The quantitative estimate of drug-likeness (QED) is 0.555. The summed E-state index contributed by atoms with van der Waals surface area (Å²) in [7, 11) is 0. The van der Waals surface area contributed by atoms with Crippen LogP contribution in [-0.2, 0) is 0 Å². The van der Waals surface area contributed by atoms with Crippen molar-refractivity contribution in [2.45, 2.75) is 6.92 Å². The lowest BCUT2D eigenvalue weighted by molar-refractivity contribution is 0.174. The molecule has 25 heavy (non-hydrogen) atoms. The minimum Gasteiger partial charge on any atom is -0.454 e. The molecule has 0 amide bonds. The molecule has 0 spiro atoms. The van der Waals surface area contributed by atoms with Crippen LogP contribution in [0.3, 0.4) is 0 Å². The fourth-order valence-corrected chi connectivity index (χ4v) is 3.16. The first kappa shape index (κ1) is 14.0. The van der Waals surface area contributed by atoms with E-state index in [2.05, 4.69) is 33.4 Å². The molecule has 1 aliphatic heterocycles. The molecule has 0 radical (unpaired) electrons. The fourth-order valence-electron chi connectivity index (χ4n) is 3.16. The molecule has 0 bridgehead atoms. The van der Waals surface area contributed by atoms with Gasteiger partial charge in [0.2, 0.25) is 6.79 Å². The van der Waals surface area contributed by atoms with Crippen LogP contribution in [-0.4, -0.2) is 21.2 Å². The molecule has 0 saturated carbocycles. The van der Waals surface area contributed by atoms with E-state index < -0.39 is 0 Å². The molecular weight excluding hydrogens is 314 g/mol. The minimum atomic E-state index is 0.271. The topological polar surface area (TPSA) is 48.7 Å². The first-order valence-electron chi connectivity index (χ1n) is 8.09. The molecule has 0 unspecified atom stereocenters. The second-order valence-corrected chi connectivity index (χ2v) is 6.03. The molecule has 0 aliphatic carbocycles. The van der Waals surface area contributed by atoms with E-state index in [-0.39, 0.29) is 6.79 Å². The Balaban J connectivity index is 1.67. The zero-order chi connectivity index (χ0) is 16.8. The number of imidazole rings is 1. The molecule has 5 heteroatoms. The van der Waals surface area contributed by atoms with E-state index in [1.54, 1.807) is 6.20 Å². The van der Waals surface area contributed by atoms with Crippen molar-refractivity contribution < 1.29 is 9.47 Å². The Morgan fingerprint density at radius 3 is 2.76 bits per heavy atom. The Hall–Kier alpha value is -3.34. The Morgan fingerprint density at radius 2 is 1.84 bits per heavy atom. The third-order valence-electron chi connectivity index (χ3n) is 4.49. The van der Waals surface area contributed by atoms with Crippen LogP contribution in [0.1, 0.15) is 5.56 Å². The average molecular weight is 329 g/mol. The summed E-state index contributed by atoms with van der Waals surface area (Å²) in [5.74, 6) is 1.54. The van der Waals surface area contributed by atoms with Crippen LogP contribution >= 0.6 is 0 Å². The highest BCUT2D eigenvalue weighted by Crippen LogP contribution is 2.36. The Bertz CT molecular complexity index is 1100. The minimum absolute atomic E-state index is 0.271. The number of rotatable bonds is 2. The molecule has 1 aliphatic rings. The van der Waals surface area contributed by atoms with Gasteiger partial charge in [-0.2, -0.15) is 0 Å². The van der Waals surface area contributed by atoms with Crippen LogP contribution in [0.5, 0.6) is 11.5 Å². The van der Waals surface area contributed by atoms with Crippen molar-refractivity contribution in [2.24, 2.45) is 0 Å². The molecule has 0 saturated heterocycles. The number of hydrogen-bond donors (Lipinski definition) is 0. The van der Waals surface area contributed by atoms with Crippen molar-refractivity contribution in [3.05, 3.63) is 66.6 Å². The summed E-state index contributed by atoms with van der Waals surface area (Å²) in [4.78, 5) is 9.05. The van der Waals surface area contributed by atoms with Gasteiger partial charge in [-0.15, -0.1) is 0 Å². The van der Waals surface area contributed by atoms with Crippen molar-refractivity contribution in [2.75, 3.05) is 6.79 Å². The van der Waals surface area contributed by atoms with Crippen LogP contribution < -0.4 is 9.47 Å². The highest BCUT2D eigenvalue weighted by atomic mass is 16.7. The molecule has 0 atom stereocenters. The van der Waals surface area contributed by atoms with Gasteiger partial charge in [0.1, 0.15) is 0 Å². The molecule has 2 aromatic carbocycles. The molecule has 5 rings (SSSR count). The van der Waals surface area contributed by atoms with Gasteiger partial charge < -0.3 is 9.47 Å². The normalized spacial score (nSPS) is 12.7. The Labute approximate surface area is 144 Å². The number of ether oxygens (including phenoxy) is 2. The third-order valence-corrected chi connectivity index (χ3v) is 4.49. The smallest absolute Gasteiger partial charge is 0.231 e. The number of aryl methyl sites for hydroxylation is 1. The maximum atomic E-state index is 5.49. The summed E-state index contributed by atoms with van der Waals surface area (Å²) in [5.41, 5.74) is 6.06. The van der Waals surface area contributed by atoms with E-state index in [0.717, 1.165) is 39.7 Å². The molecule has 4 aromatic rings. The lowest BCUT2D eigenvalue weighted by Crippen LogP contribution is -1.94. The van der Waals surface area contributed by atoms with Gasteiger partial charge in [-0.3, -0.25) is 9.38 Å². The van der Waals surface area contributed by atoms with Crippen molar-refractivity contribution in [3.63, 3.8) is 0 Å². The number of hydrogen-bond acceptors (Lipinski definition) is 4. The summed E-state index contributed by atoms with van der Waals surface area (Å²) in [6, 6.07) is 14.2.